The number of nitrogens with one attached hydrogen (secondary N) is 1. The second kappa shape index (κ2) is 30.6. The molecule has 0 spiro atoms. The Morgan fingerprint density at radius 1 is 0.493 bits per heavy atom. The zero-order chi connectivity index (χ0) is 51.6. The average Bonchev–Trinajstić information content (AvgIpc) is 3.22. The number of hydrogen-bond donors (Lipinski definition) is 7. The van der Waals surface area contributed by atoms with E-state index in [0.29, 0.717) is 30.9 Å². The van der Waals surface area contributed by atoms with Gasteiger partial charge >= 0.3 is 11.9 Å². The summed E-state index contributed by atoms with van der Waals surface area (Å²) in [6.07, 6.45) is 23.6. The maximum absolute atomic E-state index is 11.8. The molecule has 7 N–H and O–H groups in total. The predicted molar refractivity (Wildman–Crippen MR) is 278 cm³/mol. The van der Waals surface area contributed by atoms with Gasteiger partial charge in [0.15, 0.2) is 0 Å². The van der Waals surface area contributed by atoms with Crippen molar-refractivity contribution in [2.45, 2.75) is 234 Å². The summed E-state index contributed by atoms with van der Waals surface area (Å²) in [4.78, 5) is 33.4. The molecule has 2 rings (SSSR count). The zero-order valence-corrected chi connectivity index (χ0v) is 44.7. The maximum Gasteiger partial charge on any atom is 0.303 e. The highest BCUT2D eigenvalue weighted by Gasteiger charge is 2.31. The Bertz CT molecular complexity index is 1610. The van der Waals surface area contributed by atoms with Crippen molar-refractivity contribution in [3.63, 3.8) is 0 Å². The van der Waals surface area contributed by atoms with Gasteiger partial charge in [0.1, 0.15) is 11.5 Å². The minimum atomic E-state index is -1.07. The molecule has 2 aromatic rings. The molecule has 0 radical (unpaired) electrons. The number of aliphatic carboxylic acids is 2. The standard InChI is InChI=1S/C23H45NO3.2C17H26O3/c1-3-4-5-6-7-8-9-10-11-12-13-14-15-16-17-18-19-24-22(27)23(2,20-25)21-26;2*1-16(2,3)12-9-11(7-8-14(18)19)10-13(15(12)20)17(4,5)6/h10-11,25-26H,3-9,12-21H2,1-2H3,(H,24,27);2*9-10,20H,7-8H2,1-6H3,(H,18,19). The van der Waals surface area contributed by atoms with Gasteiger partial charge in [0, 0.05) is 19.4 Å². The van der Waals surface area contributed by atoms with E-state index in [1.165, 1.54) is 77.0 Å². The van der Waals surface area contributed by atoms with E-state index in [9.17, 15) is 34.8 Å². The molecule has 10 nitrogen and oxygen atoms in total. The van der Waals surface area contributed by atoms with Gasteiger partial charge in [0.05, 0.1) is 18.6 Å². The smallest absolute Gasteiger partial charge is 0.303 e. The third-order valence-corrected chi connectivity index (χ3v) is 12.0. The number of phenols is 2. The predicted octanol–water partition coefficient (Wildman–Crippen LogP) is 13.1. The number of carbonyl (C=O) groups is 3. The number of phenolic OH excluding ortho intramolecular Hbond substituents is 2. The van der Waals surface area contributed by atoms with Gasteiger partial charge < -0.3 is 36.0 Å². The van der Waals surface area contributed by atoms with Crippen LogP contribution in [0.25, 0.3) is 0 Å². The molecule has 0 aliphatic heterocycles. The minimum Gasteiger partial charge on any atom is -0.507 e. The number of aryl methyl sites for hydroxylation is 2. The lowest BCUT2D eigenvalue weighted by Gasteiger charge is -2.28. The van der Waals surface area contributed by atoms with Crippen LogP contribution >= 0.6 is 0 Å². The molecule has 0 aliphatic rings. The summed E-state index contributed by atoms with van der Waals surface area (Å²) in [5.41, 5.74) is 3.69. The van der Waals surface area contributed by atoms with Gasteiger partial charge in [0.25, 0.3) is 0 Å². The molecule has 0 saturated heterocycles. The van der Waals surface area contributed by atoms with Crippen molar-refractivity contribution in [3.8, 4) is 11.5 Å². The van der Waals surface area contributed by atoms with Crippen LogP contribution in [0.5, 0.6) is 11.5 Å². The van der Waals surface area contributed by atoms with Crippen molar-refractivity contribution in [2.24, 2.45) is 5.41 Å². The number of benzene rings is 2. The molecular formula is C57H97NO9. The summed E-state index contributed by atoms with van der Waals surface area (Å²) < 4.78 is 0. The van der Waals surface area contributed by atoms with Gasteiger partial charge in [0.2, 0.25) is 5.91 Å². The van der Waals surface area contributed by atoms with Crippen molar-refractivity contribution in [1.29, 1.82) is 0 Å². The van der Waals surface area contributed by atoms with Gasteiger partial charge in [-0.15, -0.1) is 0 Å². The topological polar surface area (TPSA) is 185 Å². The van der Waals surface area contributed by atoms with E-state index in [-0.39, 0.29) is 53.6 Å². The molecule has 2 aromatic carbocycles. The van der Waals surface area contributed by atoms with Crippen molar-refractivity contribution < 1.29 is 45.0 Å². The summed E-state index contributed by atoms with van der Waals surface area (Å²) in [6, 6.07) is 7.75. The van der Waals surface area contributed by atoms with Crippen molar-refractivity contribution in [1.82, 2.24) is 5.32 Å². The highest BCUT2D eigenvalue weighted by atomic mass is 16.4. The lowest BCUT2D eigenvalue weighted by Crippen LogP contribution is -2.44. The lowest BCUT2D eigenvalue weighted by atomic mass is 9.78. The summed E-state index contributed by atoms with van der Waals surface area (Å²) in [5, 5.41) is 59.9. The summed E-state index contributed by atoms with van der Waals surface area (Å²) in [7, 11) is 0. The quantitative estimate of drug-likeness (QED) is 0.0376. The molecule has 0 aliphatic carbocycles. The molecular weight excluding hydrogens is 843 g/mol. The second-order valence-electron chi connectivity index (χ2n) is 22.9. The van der Waals surface area contributed by atoms with Crippen LogP contribution in [0.2, 0.25) is 0 Å². The minimum absolute atomic E-state index is 0.109. The van der Waals surface area contributed by atoms with Crippen molar-refractivity contribution in [3.05, 3.63) is 69.8 Å². The van der Waals surface area contributed by atoms with Crippen LogP contribution in [0, 0.1) is 5.41 Å². The first-order valence-electron chi connectivity index (χ1n) is 25.3. The van der Waals surface area contributed by atoms with Gasteiger partial charge in [-0.2, -0.15) is 0 Å². The van der Waals surface area contributed by atoms with Gasteiger partial charge in [-0.25, -0.2) is 0 Å². The Morgan fingerprint density at radius 3 is 1.07 bits per heavy atom. The molecule has 384 valence electrons. The van der Waals surface area contributed by atoms with Crippen LogP contribution in [0.1, 0.15) is 233 Å². The Hall–Kier alpha value is -3.89. The SMILES string of the molecule is CC(C)(C)c1cc(CCC(=O)O)cc(C(C)(C)C)c1O.CC(C)(C)c1cc(CCC(=O)O)cc(C(C)(C)C)c1O.CCCCCCCCC=CCCCCCCCCNC(=O)C(C)(CO)CO. The summed E-state index contributed by atoms with van der Waals surface area (Å²) in [5.74, 6) is -1.19. The third-order valence-electron chi connectivity index (χ3n) is 12.0. The number of aliphatic hydroxyl groups excluding tert-OH is 2. The third kappa shape index (κ3) is 25.9. The first-order valence-corrected chi connectivity index (χ1v) is 25.3. The first-order chi connectivity index (χ1) is 31.0. The fourth-order valence-electron chi connectivity index (χ4n) is 7.45. The number of carboxylic acids is 2. The number of hydrogen-bond acceptors (Lipinski definition) is 7. The number of allylic oxidation sites excluding steroid dienone is 2. The van der Waals surface area contributed by atoms with Crippen LogP contribution in [-0.4, -0.2) is 68.2 Å². The number of unbranched alkanes of at least 4 members (excludes halogenated alkanes) is 12. The number of aromatic hydroxyl groups is 2. The molecule has 0 unspecified atom stereocenters. The van der Waals surface area contributed by atoms with Crippen LogP contribution in [0.15, 0.2) is 36.4 Å². The fraction of sp³-hybridized carbons (Fsp3) is 0.702. The highest BCUT2D eigenvalue weighted by molar-refractivity contribution is 5.82. The molecule has 0 atom stereocenters. The van der Waals surface area contributed by atoms with E-state index in [0.717, 1.165) is 46.2 Å². The van der Waals surface area contributed by atoms with Crippen LogP contribution < -0.4 is 5.32 Å². The molecule has 67 heavy (non-hydrogen) atoms. The number of carbonyl (C=O) groups excluding carboxylic acids is 1. The van der Waals surface area contributed by atoms with Gasteiger partial charge in [-0.1, -0.05) is 184 Å². The Kier molecular flexibility index (Phi) is 28.8. The largest absolute Gasteiger partial charge is 0.507 e. The Labute approximate surface area is 407 Å². The highest BCUT2D eigenvalue weighted by Crippen LogP contribution is 2.41. The average molecular weight is 940 g/mol. The van der Waals surface area contributed by atoms with Crippen LogP contribution in [0.4, 0.5) is 0 Å². The Morgan fingerprint density at radius 2 is 0.791 bits per heavy atom. The van der Waals surface area contributed by atoms with Gasteiger partial charge in [-0.3, -0.25) is 14.4 Å². The zero-order valence-electron chi connectivity index (χ0n) is 44.7. The number of amides is 1. The number of carboxylic acid groups (broad SMARTS) is 2. The Balaban J connectivity index is 0.000000991. The van der Waals surface area contributed by atoms with Crippen LogP contribution in [0.3, 0.4) is 0 Å². The van der Waals surface area contributed by atoms with E-state index >= 15 is 0 Å². The monoisotopic (exact) mass is 940 g/mol. The molecule has 0 heterocycles. The molecule has 0 fully saturated rings. The number of aliphatic hydroxyl groups is 2. The lowest BCUT2D eigenvalue weighted by molar-refractivity contribution is -0.138. The van der Waals surface area contributed by atoms with Crippen LogP contribution in [-0.2, 0) is 48.9 Å². The van der Waals surface area contributed by atoms with E-state index in [1.54, 1.807) is 6.92 Å². The molecule has 0 saturated carbocycles. The van der Waals surface area contributed by atoms with E-state index in [2.05, 4.69) is 107 Å². The molecule has 10 heteroatoms. The summed E-state index contributed by atoms with van der Waals surface area (Å²) >= 11 is 0. The maximum atomic E-state index is 11.8. The van der Waals surface area contributed by atoms with E-state index in [1.807, 2.05) is 24.3 Å². The fourth-order valence-corrected chi connectivity index (χ4v) is 7.45. The second-order valence-corrected chi connectivity index (χ2v) is 22.9. The first kappa shape index (κ1) is 63.1. The molecule has 0 aromatic heterocycles. The van der Waals surface area contributed by atoms with Gasteiger partial charge in [-0.05, 0) is 107 Å². The molecule has 1 amide bonds. The van der Waals surface area contributed by atoms with E-state index < -0.39 is 17.4 Å². The van der Waals surface area contributed by atoms with Crippen molar-refractivity contribution >= 4 is 17.8 Å². The molecule has 0 bridgehead atoms. The summed E-state index contributed by atoms with van der Waals surface area (Å²) in [6.45, 7) is 28.4. The normalized spacial score (nSPS) is 12.3. The number of rotatable bonds is 25. The van der Waals surface area contributed by atoms with E-state index in [4.69, 9.17) is 10.2 Å². The van der Waals surface area contributed by atoms with Crippen molar-refractivity contribution in [2.75, 3.05) is 19.8 Å².